The first-order valence-electron chi connectivity index (χ1n) is 16.6. The molecule has 0 N–H and O–H groups in total. The van der Waals surface area contributed by atoms with Crippen molar-refractivity contribution in [1.29, 1.82) is 0 Å². The van der Waals surface area contributed by atoms with Crippen molar-refractivity contribution in [1.82, 2.24) is 0 Å². The van der Waals surface area contributed by atoms with Crippen LogP contribution in [0.1, 0.15) is 60.0 Å². The summed E-state index contributed by atoms with van der Waals surface area (Å²) in [5.74, 6) is 0. The Morgan fingerprint density at radius 3 is 1.60 bits per heavy atom. The zero-order valence-corrected chi connectivity index (χ0v) is 31.9. The van der Waals surface area contributed by atoms with E-state index < -0.39 is 21.3 Å². The van der Waals surface area contributed by atoms with Gasteiger partial charge in [0.2, 0.25) is 0 Å². The van der Waals surface area contributed by atoms with Crippen LogP contribution in [0.5, 0.6) is 0 Å². The summed E-state index contributed by atoms with van der Waals surface area (Å²) in [6, 6.07) is 50.4. The number of halogens is 2. The Morgan fingerprint density at radius 1 is 0.562 bits per heavy atom. The Balaban J connectivity index is 0.00000201. The van der Waals surface area contributed by atoms with Gasteiger partial charge in [-0.05, 0) is 0 Å². The van der Waals surface area contributed by atoms with Gasteiger partial charge in [0.1, 0.15) is 0 Å². The molecule has 2 aliphatic rings. The van der Waals surface area contributed by atoms with E-state index in [9.17, 15) is 0 Å². The van der Waals surface area contributed by atoms with Gasteiger partial charge in [0, 0.05) is 0 Å². The molecule has 1 unspecified atom stereocenters. The molecule has 0 nitrogen and oxygen atoms in total. The van der Waals surface area contributed by atoms with Crippen LogP contribution in [0.2, 0.25) is 0 Å². The zero-order chi connectivity index (χ0) is 31.5. The summed E-state index contributed by atoms with van der Waals surface area (Å²) in [6.45, 7) is 10.1. The van der Waals surface area contributed by atoms with Crippen LogP contribution in [0.25, 0.3) is 32.7 Å². The average molecular weight is 743 g/mol. The van der Waals surface area contributed by atoms with Gasteiger partial charge in [-0.2, -0.15) is 0 Å². The molecule has 0 saturated heterocycles. The van der Waals surface area contributed by atoms with Gasteiger partial charge in [-0.25, -0.2) is 0 Å². The van der Waals surface area contributed by atoms with Crippen LogP contribution >= 0.6 is 0 Å². The van der Waals surface area contributed by atoms with Crippen molar-refractivity contribution in [3.63, 3.8) is 0 Å². The topological polar surface area (TPSA) is 0 Å². The number of allylic oxidation sites excluding steroid dienone is 4. The fourth-order valence-corrected chi connectivity index (χ4v) is 19.5. The third kappa shape index (κ3) is 5.44. The second-order valence-corrected chi connectivity index (χ2v) is 20.3. The molecule has 0 radical (unpaired) electrons. The SMILES string of the molecule is CC(C)([C](=[Zr+2]([C]1=CC=CC1)[CH]1c2ccccc2-c2c1c1ccccc1c1ccccc21)C(C)(C)c1ccccc1)c1ccccc1.[Cl-].[Cl-]. The van der Waals surface area contributed by atoms with Crippen LogP contribution in [0.4, 0.5) is 0 Å². The van der Waals surface area contributed by atoms with Gasteiger partial charge in [-0.3, -0.25) is 0 Å². The molecule has 0 heterocycles. The van der Waals surface area contributed by atoms with Crippen molar-refractivity contribution in [3.8, 4) is 11.1 Å². The van der Waals surface area contributed by atoms with Crippen molar-refractivity contribution in [2.24, 2.45) is 0 Å². The van der Waals surface area contributed by atoms with E-state index in [1.165, 1.54) is 49.4 Å². The molecule has 0 aromatic heterocycles. The van der Waals surface area contributed by atoms with Crippen molar-refractivity contribution < 1.29 is 46.1 Å². The largest absolute Gasteiger partial charge is 1.00 e. The molecule has 0 amide bonds. The second kappa shape index (κ2) is 13.5. The molecular formula is C45H40Cl2Zr. The standard InChI is InChI=1S/C21H13.C19H22.C5H5.2ClH.Zr/c1-2-8-15-14(7-1)13-20-18-11-4-3-9-16(18)17-10-5-6-12-19(17)21(15)20;1-18(2,16-11-7-5-8-12-16)15-19(3,4)17-13-9-6-10-14-17;1-2-4-5-3-1;;;/h1-13H;5-14H,1-4H3;1-3H,4H2;2*1H;/q;;;;;+2/p-2. The summed E-state index contributed by atoms with van der Waals surface area (Å²) in [5, 5.41) is 5.55. The second-order valence-electron chi connectivity index (χ2n) is 14.0. The molecule has 2 aliphatic carbocycles. The van der Waals surface area contributed by atoms with Gasteiger partial charge in [0.15, 0.2) is 0 Å². The third-order valence-electron chi connectivity index (χ3n) is 10.7. The van der Waals surface area contributed by atoms with Gasteiger partial charge >= 0.3 is 283 Å². The Kier molecular flexibility index (Phi) is 9.72. The molecule has 0 fully saturated rings. The molecule has 48 heavy (non-hydrogen) atoms. The normalized spacial score (nSPS) is 14.7. The van der Waals surface area contributed by atoms with E-state index in [0.717, 1.165) is 6.42 Å². The van der Waals surface area contributed by atoms with Crippen molar-refractivity contribution in [2.45, 2.75) is 48.6 Å². The zero-order valence-electron chi connectivity index (χ0n) is 28.0. The van der Waals surface area contributed by atoms with Gasteiger partial charge in [-0.15, -0.1) is 0 Å². The van der Waals surface area contributed by atoms with E-state index >= 15 is 0 Å². The van der Waals surface area contributed by atoms with Crippen molar-refractivity contribution in [2.75, 3.05) is 0 Å². The quantitative estimate of drug-likeness (QED) is 0.194. The average Bonchev–Trinajstić information content (AvgIpc) is 3.75. The van der Waals surface area contributed by atoms with Gasteiger partial charge in [-0.1, -0.05) is 0 Å². The molecule has 6 aromatic carbocycles. The van der Waals surface area contributed by atoms with Gasteiger partial charge < -0.3 is 24.8 Å². The number of rotatable bonds is 6. The predicted octanol–water partition coefficient (Wildman–Crippen LogP) is 5.66. The first kappa shape index (κ1) is 34.5. The molecule has 3 heteroatoms. The monoisotopic (exact) mass is 740 g/mol. The smallest absolute Gasteiger partial charge is 1.00 e. The summed E-state index contributed by atoms with van der Waals surface area (Å²) in [5.41, 5.74) is 8.56. The van der Waals surface area contributed by atoms with E-state index in [1.54, 1.807) is 12.1 Å². The van der Waals surface area contributed by atoms with Crippen LogP contribution in [0, 0.1) is 0 Å². The summed E-state index contributed by atoms with van der Waals surface area (Å²) < 4.78 is 3.84. The van der Waals surface area contributed by atoms with Crippen LogP contribution in [-0.4, -0.2) is 3.21 Å². The molecule has 238 valence electrons. The van der Waals surface area contributed by atoms with Gasteiger partial charge in [0.05, 0.1) is 0 Å². The van der Waals surface area contributed by atoms with Crippen LogP contribution in [0.3, 0.4) is 0 Å². The Labute approximate surface area is 305 Å². The van der Waals surface area contributed by atoms with Crippen LogP contribution in [0.15, 0.2) is 155 Å². The summed E-state index contributed by atoms with van der Waals surface area (Å²) in [6.07, 6.45) is 8.31. The van der Waals surface area contributed by atoms with E-state index in [2.05, 4.69) is 179 Å². The minimum Gasteiger partial charge on any atom is -1.00 e. The van der Waals surface area contributed by atoms with E-state index in [-0.39, 0.29) is 35.6 Å². The minimum absolute atomic E-state index is 0. The van der Waals surface area contributed by atoms with Crippen molar-refractivity contribution in [3.05, 3.63) is 177 Å². The molecule has 0 aliphatic heterocycles. The maximum absolute atomic E-state index is 2.89. The molecule has 8 rings (SSSR count). The minimum atomic E-state index is -2.89. The number of hydrogen-bond acceptors (Lipinski definition) is 0. The Bertz CT molecular complexity index is 2170. The third-order valence-corrected chi connectivity index (χ3v) is 20.6. The van der Waals surface area contributed by atoms with Crippen LogP contribution < -0.4 is 24.8 Å². The molecule has 0 spiro atoms. The Hall–Kier alpha value is -3.35. The molecular weight excluding hydrogens is 703 g/mol. The van der Waals surface area contributed by atoms with E-state index in [4.69, 9.17) is 0 Å². The fraction of sp³-hybridized carbons (Fsp3) is 0.178. The van der Waals surface area contributed by atoms with E-state index in [0.29, 0.717) is 3.63 Å². The number of fused-ring (bicyclic) bond motifs is 8. The predicted molar refractivity (Wildman–Crippen MR) is 195 cm³/mol. The van der Waals surface area contributed by atoms with E-state index in [1.807, 2.05) is 0 Å². The maximum atomic E-state index is 2.52. The molecule has 1 atom stereocenters. The van der Waals surface area contributed by atoms with Crippen molar-refractivity contribution >= 4 is 24.8 Å². The van der Waals surface area contributed by atoms with Crippen LogP contribution in [-0.2, 0) is 32.1 Å². The molecule has 6 aromatic rings. The number of benzene rings is 6. The summed E-state index contributed by atoms with van der Waals surface area (Å²) >= 11 is -2.89. The fourth-order valence-electron chi connectivity index (χ4n) is 8.78. The first-order valence-corrected chi connectivity index (χ1v) is 20.5. The van der Waals surface area contributed by atoms with Gasteiger partial charge in [0.25, 0.3) is 0 Å². The number of hydrogen-bond donors (Lipinski definition) is 0. The molecule has 0 bridgehead atoms. The summed E-state index contributed by atoms with van der Waals surface area (Å²) in [4.78, 5) is 0. The first-order chi connectivity index (χ1) is 22.4. The Morgan fingerprint density at radius 2 is 1.04 bits per heavy atom. The summed E-state index contributed by atoms with van der Waals surface area (Å²) in [7, 11) is 0. The maximum Gasteiger partial charge on any atom is -1.00 e. The molecule has 0 saturated carbocycles.